The van der Waals surface area contributed by atoms with Crippen molar-refractivity contribution in [3.8, 4) is 22.4 Å². The SMILES string of the molecule is C=CC(=O)Nc1cc(-c2c(-c3cnn(CCCO)c3)[nH]c3ncc(C(=O)OC(C)C)c(C)c23)ccc1C. The molecule has 1 aromatic carbocycles. The van der Waals surface area contributed by atoms with Gasteiger partial charge in [0, 0.05) is 47.7 Å². The molecule has 0 fully saturated rings. The summed E-state index contributed by atoms with van der Waals surface area (Å²) in [5, 5.41) is 17.3. The van der Waals surface area contributed by atoms with Crippen molar-refractivity contribution in [2.24, 2.45) is 0 Å². The Balaban J connectivity index is 1.96. The lowest BCUT2D eigenvalue weighted by Crippen LogP contribution is -2.13. The Bertz CT molecular complexity index is 1480. The van der Waals surface area contributed by atoms with Gasteiger partial charge in [0.15, 0.2) is 0 Å². The number of aromatic amines is 1. The number of aliphatic hydroxyl groups is 1. The molecular weight excluding hydrogens is 470 g/mol. The number of pyridine rings is 1. The number of aliphatic hydroxyl groups excluding tert-OH is 1. The number of hydrogen-bond donors (Lipinski definition) is 3. The molecule has 3 aromatic heterocycles. The fourth-order valence-corrected chi connectivity index (χ4v) is 4.24. The van der Waals surface area contributed by atoms with E-state index in [1.807, 2.05) is 38.2 Å². The normalized spacial score (nSPS) is 11.2. The number of aromatic nitrogens is 4. The number of anilines is 1. The van der Waals surface area contributed by atoms with E-state index >= 15 is 0 Å². The van der Waals surface area contributed by atoms with Crippen LogP contribution in [0.5, 0.6) is 0 Å². The third-order valence-corrected chi connectivity index (χ3v) is 6.08. The first-order valence-electron chi connectivity index (χ1n) is 12.1. The third kappa shape index (κ3) is 5.31. The molecule has 3 heterocycles. The number of rotatable bonds is 9. The molecule has 0 saturated heterocycles. The maximum Gasteiger partial charge on any atom is 0.340 e. The van der Waals surface area contributed by atoms with Crippen LogP contribution in [0, 0.1) is 13.8 Å². The molecule has 0 bridgehead atoms. The Hall–Kier alpha value is -4.24. The number of amides is 1. The third-order valence-electron chi connectivity index (χ3n) is 6.08. The Morgan fingerprint density at radius 3 is 2.73 bits per heavy atom. The first-order valence-corrected chi connectivity index (χ1v) is 12.1. The van der Waals surface area contributed by atoms with Crippen LogP contribution in [0.1, 0.15) is 41.8 Å². The molecule has 9 nitrogen and oxygen atoms in total. The number of fused-ring (bicyclic) bond motifs is 1. The van der Waals surface area contributed by atoms with Gasteiger partial charge in [-0.2, -0.15) is 5.10 Å². The number of nitrogens with one attached hydrogen (secondary N) is 2. The van der Waals surface area contributed by atoms with Crippen LogP contribution in [0.3, 0.4) is 0 Å². The molecule has 4 aromatic rings. The van der Waals surface area contributed by atoms with Crippen molar-refractivity contribution in [2.45, 2.75) is 46.8 Å². The molecule has 0 saturated carbocycles. The van der Waals surface area contributed by atoms with Gasteiger partial charge in [-0.05, 0) is 62.9 Å². The van der Waals surface area contributed by atoms with Crippen LogP contribution < -0.4 is 5.32 Å². The lowest BCUT2D eigenvalue weighted by atomic mass is 9.95. The minimum absolute atomic E-state index is 0.0772. The Morgan fingerprint density at radius 1 is 1.24 bits per heavy atom. The molecule has 0 atom stereocenters. The summed E-state index contributed by atoms with van der Waals surface area (Å²) in [5.74, 6) is -0.739. The van der Waals surface area contributed by atoms with Crippen molar-refractivity contribution in [3.05, 3.63) is 66.1 Å². The van der Waals surface area contributed by atoms with Gasteiger partial charge in [0.1, 0.15) is 5.65 Å². The second-order valence-electron chi connectivity index (χ2n) is 9.14. The average Bonchev–Trinajstić information content (AvgIpc) is 3.49. The van der Waals surface area contributed by atoms with E-state index in [0.717, 1.165) is 38.9 Å². The summed E-state index contributed by atoms with van der Waals surface area (Å²) >= 11 is 0. The van der Waals surface area contributed by atoms with Crippen molar-refractivity contribution in [3.63, 3.8) is 0 Å². The summed E-state index contributed by atoms with van der Waals surface area (Å²) in [6.07, 6.45) is 6.74. The van der Waals surface area contributed by atoms with Gasteiger partial charge in [-0.3, -0.25) is 9.48 Å². The second-order valence-corrected chi connectivity index (χ2v) is 9.14. The topological polar surface area (TPSA) is 122 Å². The highest BCUT2D eigenvalue weighted by atomic mass is 16.5. The molecule has 3 N–H and O–H groups in total. The minimum Gasteiger partial charge on any atom is -0.459 e. The molecule has 0 aliphatic heterocycles. The van der Waals surface area contributed by atoms with Gasteiger partial charge < -0.3 is 20.1 Å². The van der Waals surface area contributed by atoms with Crippen LogP contribution in [0.4, 0.5) is 5.69 Å². The van der Waals surface area contributed by atoms with Gasteiger partial charge in [-0.15, -0.1) is 0 Å². The van der Waals surface area contributed by atoms with Crippen molar-refractivity contribution in [2.75, 3.05) is 11.9 Å². The molecule has 0 aliphatic rings. The molecule has 0 aliphatic carbocycles. The number of ether oxygens (including phenoxy) is 1. The maximum atomic E-state index is 12.8. The monoisotopic (exact) mass is 501 g/mol. The first-order chi connectivity index (χ1) is 17.7. The number of aryl methyl sites for hydroxylation is 3. The predicted octanol–water partition coefficient (Wildman–Crippen LogP) is 4.78. The van der Waals surface area contributed by atoms with Gasteiger partial charge in [-0.1, -0.05) is 18.7 Å². The summed E-state index contributed by atoms with van der Waals surface area (Å²) in [6.45, 7) is 11.6. The van der Waals surface area contributed by atoms with Gasteiger partial charge >= 0.3 is 5.97 Å². The highest BCUT2D eigenvalue weighted by molar-refractivity contribution is 6.08. The van der Waals surface area contributed by atoms with Crippen LogP contribution in [0.15, 0.2) is 49.4 Å². The maximum absolute atomic E-state index is 12.8. The summed E-state index contributed by atoms with van der Waals surface area (Å²) in [7, 11) is 0. The van der Waals surface area contributed by atoms with E-state index in [9.17, 15) is 14.7 Å². The van der Waals surface area contributed by atoms with Crippen LogP contribution in [0.25, 0.3) is 33.4 Å². The van der Waals surface area contributed by atoms with Gasteiger partial charge in [-0.25, -0.2) is 9.78 Å². The number of carbonyl (C=O) groups excluding carboxylic acids is 2. The fourth-order valence-electron chi connectivity index (χ4n) is 4.24. The molecule has 0 unspecified atom stereocenters. The summed E-state index contributed by atoms with van der Waals surface area (Å²) in [6, 6.07) is 5.80. The van der Waals surface area contributed by atoms with E-state index in [1.165, 1.54) is 12.3 Å². The van der Waals surface area contributed by atoms with E-state index in [2.05, 4.69) is 27.0 Å². The van der Waals surface area contributed by atoms with E-state index in [4.69, 9.17) is 4.74 Å². The molecular formula is C28H31N5O4. The Morgan fingerprint density at radius 2 is 2.03 bits per heavy atom. The van der Waals surface area contributed by atoms with E-state index < -0.39 is 5.97 Å². The van der Waals surface area contributed by atoms with Crippen molar-refractivity contribution >= 4 is 28.6 Å². The molecule has 0 radical (unpaired) electrons. The molecule has 0 spiro atoms. The quantitative estimate of drug-likeness (QED) is 0.224. The fraction of sp³-hybridized carbons (Fsp3) is 0.286. The van der Waals surface area contributed by atoms with Crippen molar-refractivity contribution in [1.82, 2.24) is 19.7 Å². The van der Waals surface area contributed by atoms with Gasteiger partial charge in [0.05, 0.1) is 23.6 Å². The summed E-state index contributed by atoms with van der Waals surface area (Å²) in [5.41, 5.74) is 6.55. The smallest absolute Gasteiger partial charge is 0.340 e. The highest BCUT2D eigenvalue weighted by Gasteiger charge is 2.23. The number of benzene rings is 1. The lowest BCUT2D eigenvalue weighted by molar-refractivity contribution is -0.111. The average molecular weight is 502 g/mol. The number of nitrogens with zero attached hydrogens (tertiary/aromatic N) is 3. The van der Waals surface area contributed by atoms with Crippen molar-refractivity contribution < 1.29 is 19.4 Å². The van der Waals surface area contributed by atoms with Crippen LogP contribution >= 0.6 is 0 Å². The number of hydrogen-bond acceptors (Lipinski definition) is 6. The molecule has 37 heavy (non-hydrogen) atoms. The summed E-state index contributed by atoms with van der Waals surface area (Å²) in [4.78, 5) is 32.9. The first kappa shape index (κ1) is 25.8. The number of esters is 1. The zero-order valence-electron chi connectivity index (χ0n) is 21.5. The lowest BCUT2D eigenvalue weighted by Gasteiger charge is -2.13. The largest absolute Gasteiger partial charge is 0.459 e. The molecule has 192 valence electrons. The van der Waals surface area contributed by atoms with Gasteiger partial charge in [0.2, 0.25) is 5.91 Å². The van der Waals surface area contributed by atoms with Crippen LogP contribution in [-0.4, -0.2) is 49.4 Å². The Kier molecular flexibility index (Phi) is 7.54. The number of H-pyrrole nitrogens is 1. The van der Waals surface area contributed by atoms with Crippen LogP contribution in [-0.2, 0) is 16.1 Å². The summed E-state index contributed by atoms with van der Waals surface area (Å²) < 4.78 is 7.23. The highest BCUT2D eigenvalue weighted by Crippen LogP contribution is 2.41. The zero-order valence-corrected chi connectivity index (χ0v) is 21.5. The van der Waals surface area contributed by atoms with Crippen LogP contribution in [0.2, 0.25) is 0 Å². The standard InChI is InChI=1S/C28H31N5O4/c1-6-23(35)31-22-12-19(9-8-17(22)4)25-24-18(5)21(28(36)37-16(2)3)14-29-27(24)32-26(25)20-13-30-33(15-20)10-7-11-34/h6,8-9,12-16,34H,1,7,10-11H2,2-5H3,(H,29,32)(H,31,35). The predicted molar refractivity (Wildman–Crippen MR) is 143 cm³/mol. The van der Waals surface area contributed by atoms with E-state index in [1.54, 1.807) is 24.7 Å². The molecule has 1 amide bonds. The van der Waals surface area contributed by atoms with E-state index in [-0.39, 0.29) is 18.6 Å². The molecule has 4 rings (SSSR count). The van der Waals surface area contributed by atoms with E-state index in [0.29, 0.717) is 29.9 Å². The minimum atomic E-state index is -0.435. The zero-order chi connectivity index (χ0) is 26.7. The Labute approximate surface area is 215 Å². The van der Waals surface area contributed by atoms with Gasteiger partial charge in [0.25, 0.3) is 0 Å². The number of carbonyl (C=O) groups is 2. The molecule has 9 heteroatoms. The van der Waals surface area contributed by atoms with Crippen molar-refractivity contribution in [1.29, 1.82) is 0 Å². The second kappa shape index (κ2) is 10.8.